The Hall–Kier alpha value is -2.10. The summed E-state index contributed by atoms with van der Waals surface area (Å²) in [7, 11) is 0. The number of hydrogen-bond donors (Lipinski definition) is 0. The molecule has 1 aliphatic rings. The molecule has 4 nitrogen and oxygen atoms in total. The average Bonchev–Trinajstić information content (AvgIpc) is 3.27. The van der Waals surface area contributed by atoms with Crippen LogP contribution in [-0.4, -0.2) is 20.2 Å². The summed E-state index contributed by atoms with van der Waals surface area (Å²) in [6.07, 6.45) is 9.29. The fourth-order valence-corrected chi connectivity index (χ4v) is 2.52. The minimum Gasteiger partial charge on any atom is -0.244 e. The minimum absolute atomic E-state index is 0.608. The van der Waals surface area contributed by atoms with E-state index in [4.69, 9.17) is 0 Å². The molecular formula is C15H16N4. The molecule has 1 fully saturated rings. The molecule has 3 rings (SSSR count). The van der Waals surface area contributed by atoms with E-state index in [0.29, 0.717) is 5.92 Å². The molecule has 1 saturated carbocycles. The SMILES string of the molecule is C=Cc1nnc(-c2cncnc2)cc1[C@H]1C[C@@H]1CC. The van der Waals surface area contributed by atoms with Crippen LogP contribution in [0, 0.1) is 5.92 Å². The zero-order valence-electron chi connectivity index (χ0n) is 11.0. The van der Waals surface area contributed by atoms with Crippen molar-refractivity contribution in [1.82, 2.24) is 20.2 Å². The molecule has 0 bridgehead atoms. The van der Waals surface area contributed by atoms with Gasteiger partial charge in [0.25, 0.3) is 0 Å². The van der Waals surface area contributed by atoms with Crippen molar-refractivity contribution in [3.05, 3.63) is 42.6 Å². The number of nitrogens with zero attached hydrogens (tertiary/aromatic N) is 4. The Morgan fingerprint density at radius 2 is 2.11 bits per heavy atom. The van der Waals surface area contributed by atoms with Crippen LogP contribution in [0.4, 0.5) is 0 Å². The molecule has 0 saturated heterocycles. The van der Waals surface area contributed by atoms with Gasteiger partial charge in [0.1, 0.15) is 6.33 Å². The summed E-state index contributed by atoms with van der Waals surface area (Å²) in [4.78, 5) is 8.05. The smallest absolute Gasteiger partial charge is 0.115 e. The standard InChI is InChI=1S/C15H16N4/c1-3-10-5-12(10)13-6-15(19-18-14(13)4-2)11-7-16-9-17-8-11/h4,6-10,12H,2-3,5H2,1H3/t10-,12-/m0/s1. The van der Waals surface area contributed by atoms with Gasteiger partial charge in [0.05, 0.1) is 11.4 Å². The molecule has 0 spiro atoms. The summed E-state index contributed by atoms with van der Waals surface area (Å²) in [5.74, 6) is 1.39. The van der Waals surface area contributed by atoms with Crippen LogP contribution in [0.5, 0.6) is 0 Å². The molecule has 2 atom stereocenters. The molecule has 0 aliphatic heterocycles. The summed E-state index contributed by atoms with van der Waals surface area (Å²) in [6.45, 7) is 6.06. The highest BCUT2D eigenvalue weighted by Crippen LogP contribution is 2.50. The average molecular weight is 252 g/mol. The van der Waals surface area contributed by atoms with Crippen LogP contribution < -0.4 is 0 Å². The van der Waals surface area contributed by atoms with Gasteiger partial charge in [0.15, 0.2) is 0 Å². The lowest BCUT2D eigenvalue weighted by atomic mass is 10.0. The lowest BCUT2D eigenvalue weighted by molar-refractivity contribution is 0.761. The van der Waals surface area contributed by atoms with Crippen LogP contribution in [0.1, 0.15) is 36.9 Å². The summed E-state index contributed by atoms with van der Waals surface area (Å²) in [5.41, 5.74) is 3.90. The second-order valence-electron chi connectivity index (χ2n) is 4.91. The molecule has 0 amide bonds. The van der Waals surface area contributed by atoms with Gasteiger partial charge >= 0.3 is 0 Å². The van der Waals surface area contributed by atoms with Gasteiger partial charge < -0.3 is 0 Å². The monoisotopic (exact) mass is 252 g/mol. The maximum absolute atomic E-state index is 4.28. The van der Waals surface area contributed by atoms with Crippen LogP contribution in [0.25, 0.3) is 17.3 Å². The first-order chi connectivity index (χ1) is 9.33. The van der Waals surface area contributed by atoms with Crippen molar-refractivity contribution < 1.29 is 0 Å². The van der Waals surface area contributed by atoms with Crippen molar-refractivity contribution in [2.75, 3.05) is 0 Å². The van der Waals surface area contributed by atoms with Gasteiger partial charge in [0.2, 0.25) is 0 Å². The molecule has 0 aromatic carbocycles. The van der Waals surface area contributed by atoms with Crippen LogP contribution in [0.3, 0.4) is 0 Å². The third-order valence-corrected chi connectivity index (χ3v) is 3.75. The highest BCUT2D eigenvalue weighted by molar-refractivity contribution is 5.60. The predicted molar refractivity (Wildman–Crippen MR) is 74.3 cm³/mol. The lowest BCUT2D eigenvalue weighted by Gasteiger charge is -2.06. The van der Waals surface area contributed by atoms with E-state index in [9.17, 15) is 0 Å². The van der Waals surface area contributed by atoms with Crippen LogP contribution in [0.2, 0.25) is 0 Å². The molecule has 0 unspecified atom stereocenters. The number of rotatable bonds is 4. The third kappa shape index (κ3) is 2.26. The number of aromatic nitrogens is 4. The fraction of sp³-hybridized carbons (Fsp3) is 0.333. The molecular weight excluding hydrogens is 236 g/mol. The molecule has 2 aromatic rings. The summed E-state index contributed by atoms with van der Waals surface area (Å²) in [5, 5.41) is 8.52. The van der Waals surface area contributed by atoms with Gasteiger partial charge in [-0.2, -0.15) is 5.10 Å². The zero-order chi connectivity index (χ0) is 13.2. The van der Waals surface area contributed by atoms with E-state index in [2.05, 4.69) is 39.7 Å². The van der Waals surface area contributed by atoms with Crippen molar-refractivity contribution >= 4 is 6.08 Å². The van der Waals surface area contributed by atoms with E-state index in [1.54, 1.807) is 18.5 Å². The molecule has 0 radical (unpaired) electrons. The molecule has 0 N–H and O–H groups in total. The largest absolute Gasteiger partial charge is 0.244 e. The van der Waals surface area contributed by atoms with Crippen LogP contribution in [-0.2, 0) is 0 Å². The topological polar surface area (TPSA) is 51.6 Å². The van der Waals surface area contributed by atoms with Crippen molar-refractivity contribution in [3.8, 4) is 11.3 Å². The van der Waals surface area contributed by atoms with E-state index >= 15 is 0 Å². The van der Waals surface area contributed by atoms with E-state index in [0.717, 1.165) is 22.9 Å². The first-order valence-electron chi connectivity index (χ1n) is 6.59. The molecule has 19 heavy (non-hydrogen) atoms. The van der Waals surface area contributed by atoms with E-state index in [1.165, 1.54) is 24.7 Å². The maximum atomic E-state index is 4.28. The normalized spacial score (nSPS) is 21.1. The van der Waals surface area contributed by atoms with E-state index in [-0.39, 0.29) is 0 Å². The Labute approximate surface area is 112 Å². The third-order valence-electron chi connectivity index (χ3n) is 3.75. The fourth-order valence-electron chi connectivity index (χ4n) is 2.52. The predicted octanol–water partition coefficient (Wildman–Crippen LogP) is 3.09. The molecule has 4 heteroatoms. The van der Waals surface area contributed by atoms with Gasteiger partial charge in [0, 0.05) is 18.0 Å². The second-order valence-corrected chi connectivity index (χ2v) is 4.91. The highest BCUT2D eigenvalue weighted by Gasteiger charge is 2.38. The lowest BCUT2D eigenvalue weighted by Crippen LogP contribution is -1.98. The van der Waals surface area contributed by atoms with Crippen molar-refractivity contribution in [2.24, 2.45) is 5.92 Å². The van der Waals surface area contributed by atoms with Crippen LogP contribution >= 0.6 is 0 Å². The van der Waals surface area contributed by atoms with Crippen molar-refractivity contribution in [2.45, 2.75) is 25.7 Å². The Bertz CT molecular complexity index is 594. The summed E-state index contributed by atoms with van der Waals surface area (Å²) in [6, 6.07) is 2.11. The molecule has 2 aromatic heterocycles. The van der Waals surface area contributed by atoms with Gasteiger partial charge in [-0.05, 0) is 36.0 Å². The molecule has 2 heterocycles. The molecule has 96 valence electrons. The summed E-state index contributed by atoms with van der Waals surface area (Å²) < 4.78 is 0. The quantitative estimate of drug-likeness (QED) is 0.839. The van der Waals surface area contributed by atoms with E-state index in [1.807, 2.05) is 0 Å². The van der Waals surface area contributed by atoms with Gasteiger partial charge in [-0.25, -0.2) is 9.97 Å². The number of hydrogen-bond acceptors (Lipinski definition) is 4. The Morgan fingerprint density at radius 3 is 2.74 bits per heavy atom. The zero-order valence-corrected chi connectivity index (χ0v) is 11.0. The van der Waals surface area contributed by atoms with Crippen molar-refractivity contribution in [3.63, 3.8) is 0 Å². The minimum atomic E-state index is 0.608. The van der Waals surface area contributed by atoms with Crippen LogP contribution in [0.15, 0.2) is 31.4 Å². The second kappa shape index (κ2) is 4.88. The van der Waals surface area contributed by atoms with Gasteiger partial charge in [-0.3, -0.25) is 0 Å². The van der Waals surface area contributed by atoms with Gasteiger partial charge in [-0.15, -0.1) is 5.10 Å². The Balaban J connectivity index is 2.00. The molecule has 1 aliphatic carbocycles. The first-order valence-corrected chi connectivity index (χ1v) is 6.59. The van der Waals surface area contributed by atoms with E-state index < -0.39 is 0 Å². The first kappa shape index (κ1) is 12.0. The van der Waals surface area contributed by atoms with Crippen molar-refractivity contribution in [1.29, 1.82) is 0 Å². The maximum Gasteiger partial charge on any atom is 0.115 e. The Morgan fingerprint density at radius 1 is 1.32 bits per heavy atom. The highest BCUT2D eigenvalue weighted by atomic mass is 15.1. The van der Waals surface area contributed by atoms with Gasteiger partial charge in [-0.1, -0.05) is 19.9 Å². The summed E-state index contributed by atoms with van der Waals surface area (Å²) >= 11 is 0. The Kier molecular flexibility index (Phi) is 3.07.